The SMILES string of the molecule is FC(F)(F)c1ccnn1CC1(c2ccc(Cl)c(Cl)c2)CCCNC1. The van der Waals surface area contributed by atoms with E-state index in [4.69, 9.17) is 23.2 Å². The first-order valence-electron chi connectivity index (χ1n) is 7.57. The third-order valence-corrected chi connectivity index (χ3v) is 5.20. The smallest absolute Gasteiger partial charge is 0.316 e. The number of hydrogen-bond donors (Lipinski definition) is 1. The van der Waals surface area contributed by atoms with Gasteiger partial charge in [-0.2, -0.15) is 18.3 Å². The van der Waals surface area contributed by atoms with E-state index in [-0.39, 0.29) is 6.54 Å². The summed E-state index contributed by atoms with van der Waals surface area (Å²) in [6.07, 6.45) is -1.64. The van der Waals surface area contributed by atoms with Gasteiger partial charge in [0.2, 0.25) is 0 Å². The first kappa shape index (κ1) is 17.6. The standard InChI is InChI=1S/C16H16Cl2F3N3/c17-12-3-2-11(8-13(12)18)15(5-1-6-22-9-15)10-24-14(4-7-23-24)16(19,20)21/h2-4,7-8,22H,1,5-6,9-10H2. The van der Waals surface area contributed by atoms with Crippen molar-refractivity contribution in [3.8, 4) is 0 Å². The van der Waals surface area contributed by atoms with E-state index in [9.17, 15) is 13.2 Å². The Labute approximate surface area is 147 Å². The Morgan fingerprint density at radius 3 is 2.62 bits per heavy atom. The van der Waals surface area contributed by atoms with Crippen molar-refractivity contribution in [2.24, 2.45) is 0 Å². The quantitative estimate of drug-likeness (QED) is 0.851. The molecule has 3 nitrogen and oxygen atoms in total. The average Bonchev–Trinajstić information content (AvgIpc) is 2.99. The monoisotopic (exact) mass is 377 g/mol. The lowest BCUT2D eigenvalue weighted by molar-refractivity contribution is -0.144. The summed E-state index contributed by atoms with van der Waals surface area (Å²) in [5.74, 6) is 0. The van der Waals surface area contributed by atoms with E-state index in [0.29, 0.717) is 16.6 Å². The first-order valence-corrected chi connectivity index (χ1v) is 8.33. The van der Waals surface area contributed by atoms with E-state index >= 15 is 0 Å². The van der Waals surface area contributed by atoms with Gasteiger partial charge in [0.05, 0.1) is 16.6 Å². The summed E-state index contributed by atoms with van der Waals surface area (Å²) in [7, 11) is 0. The molecule has 1 aromatic carbocycles. The maximum absolute atomic E-state index is 13.2. The molecule has 0 aliphatic carbocycles. The van der Waals surface area contributed by atoms with Gasteiger partial charge < -0.3 is 5.32 Å². The zero-order chi connectivity index (χ0) is 17.4. The fraction of sp³-hybridized carbons (Fsp3) is 0.438. The molecule has 0 radical (unpaired) electrons. The minimum absolute atomic E-state index is 0.125. The number of aromatic nitrogens is 2. The van der Waals surface area contributed by atoms with Crippen LogP contribution in [-0.4, -0.2) is 22.9 Å². The third-order valence-electron chi connectivity index (χ3n) is 4.46. The van der Waals surface area contributed by atoms with Crippen LogP contribution in [0, 0.1) is 0 Å². The summed E-state index contributed by atoms with van der Waals surface area (Å²) in [6.45, 7) is 1.52. The minimum atomic E-state index is -4.43. The molecular weight excluding hydrogens is 362 g/mol. The molecule has 2 heterocycles. The fourth-order valence-electron chi connectivity index (χ4n) is 3.25. The van der Waals surface area contributed by atoms with Crippen LogP contribution in [0.3, 0.4) is 0 Å². The molecule has 0 bridgehead atoms. The minimum Gasteiger partial charge on any atom is -0.316 e. The van der Waals surface area contributed by atoms with Crippen molar-refractivity contribution in [1.29, 1.82) is 0 Å². The fourth-order valence-corrected chi connectivity index (χ4v) is 3.55. The van der Waals surface area contributed by atoms with Crippen LogP contribution >= 0.6 is 23.2 Å². The van der Waals surface area contributed by atoms with Crippen LogP contribution < -0.4 is 5.32 Å². The van der Waals surface area contributed by atoms with Gasteiger partial charge in [0.15, 0.2) is 0 Å². The van der Waals surface area contributed by atoms with Crippen molar-refractivity contribution in [2.45, 2.75) is 31.0 Å². The summed E-state index contributed by atoms with van der Waals surface area (Å²) >= 11 is 12.1. The average molecular weight is 378 g/mol. The van der Waals surface area contributed by atoms with Gasteiger partial charge in [-0.15, -0.1) is 0 Å². The maximum Gasteiger partial charge on any atom is 0.433 e. The molecule has 1 aliphatic rings. The Bertz CT molecular complexity index is 722. The van der Waals surface area contributed by atoms with E-state index in [2.05, 4.69) is 10.4 Å². The van der Waals surface area contributed by atoms with Gasteiger partial charge in [-0.05, 0) is 43.1 Å². The van der Waals surface area contributed by atoms with Crippen molar-refractivity contribution in [3.63, 3.8) is 0 Å². The summed E-state index contributed by atoms with van der Waals surface area (Å²) < 4.78 is 40.5. The highest BCUT2D eigenvalue weighted by Crippen LogP contribution is 2.38. The highest BCUT2D eigenvalue weighted by molar-refractivity contribution is 6.42. The van der Waals surface area contributed by atoms with E-state index in [1.165, 1.54) is 6.20 Å². The van der Waals surface area contributed by atoms with Crippen LogP contribution in [0.1, 0.15) is 24.1 Å². The van der Waals surface area contributed by atoms with Gasteiger partial charge in [0, 0.05) is 18.2 Å². The highest BCUT2D eigenvalue weighted by Gasteiger charge is 2.40. The second-order valence-corrected chi connectivity index (χ2v) is 6.88. The number of benzene rings is 1. The third kappa shape index (κ3) is 3.41. The molecule has 8 heteroatoms. The molecule has 1 aliphatic heterocycles. The van der Waals surface area contributed by atoms with Gasteiger partial charge in [0.1, 0.15) is 5.69 Å². The first-order chi connectivity index (χ1) is 11.3. The Morgan fingerprint density at radius 1 is 1.21 bits per heavy atom. The number of nitrogens with zero attached hydrogens (tertiary/aromatic N) is 2. The molecule has 3 rings (SSSR count). The Morgan fingerprint density at radius 2 is 2.00 bits per heavy atom. The summed E-state index contributed by atoms with van der Waals surface area (Å²) in [5.41, 5.74) is -0.390. The molecule has 1 aromatic heterocycles. The Kier molecular flexibility index (Phi) is 4.82. The van der Waals surface area contributed by atoms with E-state index in [0.717, 1.165) is 35.7 Å². The molecule has 1 fully saturated rings. The predicted octanol–water partition coefficient (Wildman–Crippen LogP) is 4.53. The van der Waals surface area contributed by atoms with Crippen LogP contribution in [0.15, 0.2) is 30.5 Å². The van der Waals surface area contributed by atoms with E-state index < -0.39 is 17.3 Å². The van der Waals surface area contributed by atoms with E-state index in [1.54, 1.807) is 12.1 Å². The van der Waals surface area contributed by atoms with Crippen molar-refractivity contribution < 1.29 is 13.2 Å². The second kappa shape index (κ2) is 6.58. The molecular formula is C16H16Cl2F3N3. The zero-order valence-corrected chi connectivity index (χ0v) is 14.2. The predicted molar refractivity (Wildman–Crippen MR) is 87.5 cm³/mol. The number of piperidine rings is 1. The molecule has 130 valence electrons. The summed E-state index contributed by atoms with van der Waals surface area (Å²) in [5, 5.41) is 8.00. The molecule has 0 amide bonds. The molecule has 0 spiro atoms. The Hall–Kier alpha value is -1.24. The Balaban J connectivity index is 2.01. The van der Waals surface area contributed by atoms with Crippen molar-refractivity contribution in [3.05, 3.63) is 51.8 Å². The van der Waals surface area contributed by atoms with Crippen molar-refractivity contribution in [1.82, 2.24) is 15.1 Å². The molecule has 24 heavy (non-hydrogen) atoms. The largest absolute Gasteiger partial charge is 0.433 e. The second-order valence-electron chi connectivity index (χ2n) is 6.06. The van der Waals surface area contributed by atoms with Crippen LogP contribution in [-0.2, 0) is 18.1 Å². The maximum atomic E-state index is 13.2. The lowest BCUT2D eigenvalue weighted by atomic mass is 9.74. The lowest BCUT2D eigenvalue weighted by Gasteiger charge is -2.38. The molecule has 1 saturated heterocycles. The van der Waals surface area contributed by atoms with Crippen molar-refractivity contribution in [2.75, 3.05) is 13.1 Å². The van der Waals surface area contributed by atoms with Gasteiger partial charge in [-0.25, -0.2) is 0 Å². The van der Waals surface area contributed by atoms with Crippen LogP contribution in [0.25, 0.3) is 0 Å². The van der Waals surface area contributed by atoms with Crippen LogP contribution in [0.4, 0.5) is 13.2 Å². The van der Waals surface area contributed by atoms with E-state index in [1.807, 2.05) is 6.07 Å². The van der Waals surface area contributed by atoms with Crippen molar-refractivity contribution >= 4 is 23.2 Å². The van der Waals surface area contributed by atoms with Gasteiger partial charge >= 0.3 is 6.18 Å². The van der Waals surface area contributed by atoms with Crippen LogP contribution in [0.2, 0.25) is 10.0 Å². The van der Waals surface area contributed by atoms with Gasteiger partial charge in [0.25, 0.3) is 0 Å². The number of halogens is 5. The molecule has 1 atom stereocenters. The normalized spacial score (nSPS) is 21.9. The summed E-state index contributed by atoms with van der Waals surface area (Å²) in [6, 6.07) is 6.26. The summed E-state index contributed by atoms with van der Waals surface area (Å²) in [4.78, 5) is 0. The number of alkyl halides is 3. The molecule has 0 saturated carbocycles. The zero-order valence-electron chi connectivity index (χ0n) is 12.7. The highest BCUT2D eigenvalue weighted by atomic mass is 35.5. The topological polar surface area (TPSA) is 29.9 Å². The van der Waals surface area contributed by atoms with Gasteiger partial charge in [-0.3, -0.25) is 4.68 Å². The van der Waals surface area contributed by atoms with Gasteiger partial charge in [-0.1, -0.05) is 29.3 Å². The molecule has 1 N–H and O–H groups in total. The lowest BCUT2D eigenvalue weighted by Crippen LogP contribution is -2.46. The van der Waals surface area contributed by atoms with Crippen LogP contribution in [0.5, 0.6) is 0 Å². The molecule has 2 aromatic rings. The molecule has 1 unspecified atom stereocenters. The number of hydrogen-bond acceptors (Lipinski definition) is 2. The number of rotatable bonds is 3. The number of nitrogens with one attached hydrogen (secondary N) is 1.